The van der Waals surface area contributed by atoms with Gasteiger partial charge in [-0.25, -0.2) is 4.79 Å². The fourth-order valence-electron chi connectivity index (χ4n) is 3.98. The third-order valence-corrected chi connectivity index (χ3v) is 10.3. The van der Waals surface area contributed by atoms with E-state index in [4.69, 9.17) is 23.2 Å². The highest BCUT2D eigenvalue weighted by molar-refractivity contribution is 7.99. The molecule has 6 heteroatoms. The predicted octanol–water partition coefficient (Wildman–Crippen LogP) is 6.08. The molecule has 0 heterocycles. The second-order valence-corrected chi connectivity index (χ2v) is 11.9. The molecular formula is C28H24Cl2N2OP+. The van der Waals surface area contributed by atoms with Gasteiger partial charge >= 0.3 is 6.03 Å². The van der Waals surface area contributed by atoms with Crippen molar-refractivity contribution in [2.45, 2.75) is 6.54 Å². The van der Waals surface area contributed by atoms with Crippen molar-refractivity contribution >= 4 is 52.4 Å². The lowest BCUT2D eigenvalue weighted by atomic mass is 10.2. The number of carbonyl (C=O) groups is 1. The molecule has 34 heavy (non-hydrogen) atoms. The highest BCUT2D eigenvalue weighted by Crippen LogP contribution is 2.62. The van der Waals surface area contributed by atoms with Gasteiger partial charge in [-0.1, -0.05) is 108 Å². The monoisotopic (exact) mass is 505 g/mol. The second kappa shape index (κ2) is 11.4. The first-order valence-corrected chi connectivity index (χ1v) is 13.4. The summed E-state index contributed by atoms with van der Waals surface area (Å²) in [7, 11) is -2.63. The Balaban J connectivity index is 1.84. The van der Waals surface area contributed by atoms with Gasteiger partial charge in [-0.15, -0.1) is 0 Å². The molecule has 2 amide bonds. The Labute approximate surface area is 210 Å². The summed E-state index contributed by atoms with van der Waals surface area (Å²) in [6.07, 6.45) is 0. The molecule has 0 saturated carbocycles. The molecule has 0 bridgehead atoms. The van der Waals surface area contributed by atoms with E-state index in [2.05, 4.69) is 47.0 Å². The van der Waals surface area contributed by atoms with Crippen LogP contribution in [0, 0.1) is 0 Å². The molecule has 0 atom stereocenters. The van der Waals surface area contributed by atoms with Crippen molar-refractivity contribution in [3.05, 3.63) is 137 Å². The zero-order chi connectivity index (χ0) is 23.8. The summed E-state index contributed by atoms with van der Waals surface area (Å²) in [5, 5.41) is 9.06. The van der Waals surface area contributed by atoms with Gasteiger partial charge in [0, 0.05) is 6.54 Å². The van der Waals surface area contributed by atoms with E-state index in [1.54, 1.807) is 0 Å². The maximum absolute atomic E-state index is 13.1. The molecule has 2 N–H and O–H groups in total. The van der Waals surface area contributed by atoms with Crippen LogP contribution in [0.15, 0.2) is 131 Å². The van der Waals surface area contributed by atoms with Crippen molar-refractivity contribution in [2.75, 3.05) is 0 Å². The number of urea groups is 1. The van der Waals surface area contributed by atoms with E-state index >= 15 is 0 Å². The summed E-state index contributed by atoms with van der Waals surface area (Å²) in [6, 6.07) is 39.6. The molecule has 0 aromatic heterocycles. The third-order valence-electron chi connectivity index (χ3n) is 5.47. The van der Waals surface area contributed by atoms with Crippen molar-refractivity contribution in [3.8, 4) is 0 Å². The van der Waals surface area contributed by atoms with Gasteiger partial charge in [0.2, 0.25) is 5.44 Å². The van der Waals surface area contributed by atoms with E-state index in [9.17, 15) is 4.79 Å². The van der Waals surface area contributed by atoms with Crippen LogP contribution in [-0.2, 0) is 6.54 Å². The second-order valence-electron chi connectivity index (χ2n) is 7.58. The van der Waals surface area contributed by atoms with Gasteiger partial charge < -0.3 is 5.32 Å². The fraction of sp³-hybridized carbons (Fsp3) is 0.0357. The van der Waals surface area contributed by atoms with E-state index in [1.165, 1.54) is 0 Å². The summed E-state index contributed by atoms with van der Waals surface area (Å²) in [5.41, 5.74) is 1.49. The van der Waals surface area contributed by atoms with Crippen molar-refractivity contribution in [1.82, 2.24) is 10.6 Å². The van der Waals surface area contributed by atoms with Gasteiger partial charge in [-0.2, -0.15) is 0 Å². The number of benzene rings is 4. The Hall–Kier alpha value is -3.10. The number of nitrogens with one attached hydrogen (secondary N) is 2. The van der Waals surface area contributed by atoms with Crippen molar-refractivity contribution in [3.63, 3.8) is 0 Å². The smallest absolute Gasteiger partial charge is 0.322 e. The molecule has 0 aliphatic carbocycles. The number of hydrogen-bond acceptors (Lipinski definition) is 1. The molecule has 0 aliphatic heterocycles. The van der Waals surface area contributed by atoms with Crippen LogP contribution < -0.4 is 26.5 Å². The predicted molar refractivity (Wildman–Crippen MR) is 146 cm³/mol. The van der Waals surface area contributed by atoms with Crippen molar-refractivity contribution in [1.29, 1.82) is 0 Å². The summed E-state index contributed by atoms with van der Waals surface area (Å²) in [4.78, 5) is 13.1. The molecule has 0 fully saturated rings. The molecule has 0 spiro atoms. The first-order valence-electron chi connectivity index (χ1n) is 10.8. The topological polar surface area (TPSA) is 41.1 Å². The summed E-state index contributed by atoms with van der Waals surface area (Å²) in [5.74, 6) is 0. The minimum atomic E-state index is -2.63. The molecular weight excluding hydrogens is 482 g/mol. The summed E-state index contributed by atoms with van der Waals surface area (Å²) < 4.78 is 0.0275. The van der Waals surface area contributed by atoms with Crippen LogP contribution in [0.4, 0.5) is 4.79 Å². The fourth-order valence-corrected chi connectivity index (χ4v) is 8.88. The molecule has 4 aromatic rings. The molecule has 3 nitrogen and oxygen atoms in total. The van der Waals surface area contributed by atoms with Crippen LogP contribution in [0.3, 0.4) is 0 Å². The Kier molecular flexibility index (Phi) is 8.03. The van der Waals surface area contributed by atoms with E-state index in [0.29, 0.717) is 12.0 Å². The normalized spacial score (nSPS) is 10.9. The number of hydrogen-bond donors (Lipinski definition) is 2. The van der Waals surface area contributed by atoms with Gasteiger partial charge in [0.25, 0.3) is 0 Å². The lowest BCUT2D eigenvalue weighted by molar-refractivity contribution is 0.243. The van der Waals surface area contributed by atoms with E-state index in [0.717, 1.165) is 21.5 Å². The number of amides is 2. The average Bonchev–Trinajstić information content (AvgIpc) is 2.90. The third kappa shape index (κ3) is 5.18. The van der Waals surface area contributed by atoms with Crippen molar-refractivity contribution < 1.29 is 4.79 Å². The zero-order valence-electron chi connectivity index (χ0n) is 18.4. The van der Waals surface area contributed by atoms with Crippen LogP contribution in [0.25, 0.3) is 0 Å². The average molecular weight is 506 g/mol. The van der Waals surface area contributed by atoms with Gasteiger partial charge in [0.15, 0.2) is 11.8 Å². The van der Waals surface area contributed by atoms with Gasteiger partial charge in [0.1, 0.15) is 15.9 Å². The molecule has 4 rings (SSSR count). The first-order chi connectivity index (χ1) is 16.6. The highest BCUT2D eigenvalue weighted by Gasteiger charge is 2.52. The SMILES string of the molecule is O=C(NCc1ccccc1)NC(=C(Cl)Cl)[P+](c1ccccc1)(c1ccccc1)c1ccccc1. The summed E-state index contributed by atoms with van der Waals surface area (Å²) in [6.45, 7) is 0.382. The Bertz CT molecular complexity index is 1150. The minimum absolute atomic E-state index is 0.0275. The molecule has 0 aliphatic rings. The standard InChI is InChI=1S/C28H23Cl2N2OP/c29-26(30)27(32-28(33)31-21-22-13-5-1-6-14-22)34(23-15-7-2-8-16-23,24-17-9-3-10-18-24)25-19-11-4-12-20-25/h1-20H,21H2,(H-,31,32,33)/p+1. The molecule has 0 saturated heterocycles. The lowest BCUT2D eigenvalue weighted by Gasteiger charge is -2.29. The summed E-state index contributed by atoms with van der Waals surface area (Å²) >= 11 is 13.1. The Morgan fingerprint density at radius 2 is 1.00 bits per heavy atom. The maximum atomic E-state index is 13.1. The van der Waals surface area contributed by atoms with Gasteiger partial charge in [0.05, 0.1) is 0 Å². The molecule has 4 aromatic carbocycles. The van der Waals surface area contributed by atoms with E-state index in [1.807, 2.05) is 84.9 Å². The lowest BCUT2D eigenvalue weighted by Crippen LogP contribution is -2.42. The maximum Gasteiger partial charge on any atom is 0.322 e. The Morgan fingerprint density at radius 1 is 0.618 bits per heavy atom. The number of carbonyl (C=O) groups excluding carboxylic acids is 1. The van der Waals surface area contributed by atoms with E-state index < -0.39 is 7.26 Å². The van der Waals surface area contributed by atoms with Gasteiger partial charge in [-0.3, -0.25) is 5.32 Å². The van der Waals surface area contributed by atoms with E-state index in [-0.39, 0.29) is 10.5 Å². The quantitative estimate of drug-likeness (QED) is 0.293. The van der Waals surface area contributed by atoms with Crippen LogP contribution in [0.2, 0.25) is 0 Å². The van der Waals surface area contributed by atoms with Gasteiger partial charge in [-0.05, 0) is 42.0 Å². The first kappa shape index (κ1) is 24.0. The number of halogens is 2. The Morgan fingerprint density at radius 3 is 1.38 bits per heavy atom. The minimum Gasteiger partial charge on any atom is -0.334 e. The van der Waals surface area contributed by atoms with Crippen molar-refractivity contribution in [2.24, 2.45) is 0 Å². The largest absolute Gasteiger partial charge is 0.334 e. The van der Waals surface area contributed by atoms with Crippen LogP contribution in [0.5, 0.6) is 0 Å². The highest BCUT2D eigenvalue weighted by atomic mass is 35.5. The van der Waals surface area contributed by atoms with Crippen LogP contribution >= 0.6 is 30.5 Å². The van der Waals surface area contributed by atoms with Crippen LogP contribution in [-0.4, -0.2) is 6.03 Å². The molecule has 0 radical (unpaired) electrons. The molecule has 170 valence electrons. The zero-order valence-corrected chi connectivity index (χ0v) is 20.8. The van der Waals surface area contributed by atoms with Crippen LogP contribution in [0.1, 0.15) is 5.56 Å². The number of rotatable bonds is 7. The molecule has 0 unspecified atom stereocenters.